The standard InChI is InChI=1S/C21H18NO3.ClH/c1-21(20(23)24-15-22-13-7-2-8-14-22)16-9-3-5-11-18(16)25-19-12-6-4-10-17(19)21;/h2-14H,15H2,1H3;1H/q+1;/p-1. The Hall–Kier alpha value is -2.85. The second-order valence-corrected chi connectivity index (χ2v) is 6.17. The van der Waals surface area contributed by atoms with E-state index in [2.05, 4.69) is 0 Å². The molecular weight excluding hydrogens is 350 g/mol. The Labute approximate surface area is 158 Å². The number of nitrogens with zero attached hydrogens (tertiary/aromatic N) is 1. The molecule has 0 fully saturated rings. The van der Waals surface area contributed by atoms with Gasteiger partial charge >= 0.3 is 5.97 Å². The van der Waals surface area contributed by atoms with Gasteiger partial charge in [-0.3, -0.25) is 4.79 Å². The lowest BCUT2D eigenvalue weighted by molar-refractivity contribution is -0.727. The molecule has 4 rings (SSSR count). The first-order valence-electron chi connectivity index (χ1n) is 8.18. The molecule has 4 nitrogen and oxygen atoms in total. The van der Waals surface area contributed by atoms with Crippen LogP contribution in [-0.2, 0) is 21.7 Å². The van der Waals surface area contributed by atoms with Crippen molar-refractivity contribution in [1.29, 1.82) is 0 Å². The van der Waals surface area contributed by atoms with Crippen LogP contribution in [0, 0.1) is 0 Å². The van der Waals surface area contributed by atoms with Gasteiger partial charge in [0.25, 0.3) is 6.73 Å². The fourth-order valence-electron chi connectivity index (χ4n) is 3.22. The van der Waals surface area contributed by atoms with Crippen molar-refractivity contribution < 1.29 is 31.2 Å². The number of carbonyl (C=O) groups is 1. The molecule has 2 heterocycles. The number of benzene rings is 2. The first-order valence-corrected chi connectivity index (χ1v) is 8.18. The van der Waals surface area contributed by atoms with Crippen molar-refractivity contribution in [2.24, 2.45) is 0 Å². The summed E-state index contributed by atoms with van der Waals surface area (Å²) in [6.07, 6.45) is 3.73. The Morgan fingerprint density at radius 3 is 2.04 bits per heavy atom. The number of rotatable bonds is 3. The van der Waals surface area contributed by atoms with E-state index in [4.69, 9.17) is 9.47 Å². The summed E-state index contributed by atoms with van der Waals surface area (Å²) in [5.41, 5.74) is 0.717. The lowest BCUT2D eigenvalue weighted by Crippen LogP contribution is -3.00. The molecule has 0 unspecified atom stereocenters. The van der Waals surface area contributed by atoms with Gasteiger partial charge in [-0.15, -0.1) is 0 Å². The molecule has 0 saturated carbocycles. The van der Waals surface area contributed by atoms with Crippen LogP contribution in [0.4, 0.5) is 0 Å². The number of ether oxygens (including phenoxy) is 2. The smallest absolute Gasteiger partial charge is 0.325 e. The zero-order valence-electron chi connectivity index (χ0n) is 14.3. The van der Waals surface area contributed by atoms with E-state index < -0.39 is 5.41 Å². The van der Waals surface area contributed by atoms with Gasteiger partial charge in [0.05, 0.1) is 0 Å². The van der Waals surface area contributed by atoms with Crippen molar-refractivity contribution >= 4 is 5.97 Å². The molecule has 2 aromatic carbocycles. The van der Waals surface area contributed by atoms with Gasteiger partial charge in [-0.2, -0.15) is 4.57 Å². The van der Waals surface area contributed by atoms with E-state index in [0.29, 0.717) is 11.5 Å². The van der Waals surface area contributed by atoms with Crippen LogP contribution in [0.25, 0.3) is 0 Å². The molecule has 132 valence electrons. The number of aromatic nitrogens is 1. The summed E-state index contributed by atoms with van der Waals surface area (Å²) in [6, 6.07) is 20.9. The van der Waals surface area contributed by atoms with Gasteiger partial charge in [0.2, 0.25) is 0 Å². The molecule has 3 aromatic rings. The van der Waals surface area contributed by atoms with Crippen LogP contribution in [-0.4, -0.2) is 5.97 Å². The van der Waals surface area contributed by atoms with Crippen molar-refractivity contribution in [3.8, 4) is 11.5 Å². The minimum Gasteiger partial charge on any atom is -1.00 e. The van der Waals surface area contributed by atoms with E-state index in [1.807, 2.05) is 90.6 Å². The van der Waals surface area contributed by atoms with Gasteiger partial charge in [0.15, 0.2) is 12.4 Å². The van der Waals surface area contributed by atoms with E-state index in [0.717, 1.165) is 11.1 Å². The minimum atomic E-state index is -0.916. The highest BCUT2D eigenvalue weighted by Gasteiger charge is 2.46. The molecule has 0 aliphatic carbocycles. The Bertz CT molecular complexity index is 882. The van der Waals surface area contributed by atoms with E-state index in [1.165, 1.54) is 0 Å². The molecule has 0 amide bonds. The van der Waals surface area contributed by atoms with Crippen LogP contribution < -0.4 is 21.7 Å². The average Bonchev–Trinajstić information content (AvgIpc) is 2.67. The number of para-hydroxylation sites is 2. The molecule has 0 bridgehead atoms. The first kappa shape index (κ1) is 18.0. The number of hydrogen-bond acceptors (Lipinski definition) is 3. The second kappa shape index (κ2) is 7.18. The number of halogens is 1. The Balaban J connectivity index is 0.00000196. The zero-order valence-corrected chi connectivity index (χ0v) is 15.0. The van der Waals surface area contributed by atoms with E-state index in [1.54, 1.807) is 0 Å². The van der Waals surface area contributed by atoms with Gasteiger partial charge in [0, 0.05) is 23.3 Å². The number of carbonyl (C=O) groups excluding carboxylic acids is 1. The summed E-state index contributed by atoms with van der Waals surface area (Å²) in [6.45, 7) is 2.06. The van der Waals surface area contributed by atoms with Crippen LogP contribution in [0.5, 0.6) is 11.5 Å². The Kier molecular flexibility index (Phi) is 4.96. The molecule has 0 spiro atoms. The maximum absolute atomic E-state index is 13.1. The molecule has 0 saturated heterocycles. The van der Waals surface area contributed by atoms with Crippen molar-refractivity contribution in [3.63, 3.8) is 0 Å². The van der Waals surface area contributed by atoms with Gasteiger partial charge in [-0.25, -0.2) is 0 Å². The molecule has 1 aliphatic rings. The Morgan fingerprint density at radius 2 is 1.46 bits per heavy atom. The lowest BCUT2D eigenvalue weighted by Gasteiger charge is -2.34. The van der Waals surface area contributed by atoms with Gasteiger partial charge in [0.1, 0.15) is 16.9 Å². The summed E-state index contributed by atoms with van der Waals surface area (Å²) >= 11 is 0. The molecule has 1 aromatic heterocycles. The molecule has 0 radical (unpaired) electrons. The molecular formula is C21H18ClNO3. The number of fused-ring (bicyclic) bond motifs is 2. The third-order valence-corrected chi connectivity index (χ3v) is 4.60. The van der Waals surface area contributed by atoms with Gasteiger partial charge in [-0.05, 0) is 19.1 Å². The van der Waals surface area contributed by atoms with E-state index in [-0.39, 0.29) is 25.1 Å². The van der Waals surface area contributed by atoms with Crippen molar-refractivity contribution in [3.05, 3.63) is 90.3 Å². The third kappa shape index (κ3) is 2.93. The second-order valence-electron chi connectivity index (χ2n) is 6.17. The van der Waals surface area contributed by atoms with Crippen LogP contribution in [0.3, 0.4) is 0 Å². The molecule has 5 heteroatoms. The highest BCUT2D eigenvalue weighted by Crippen LogP contribution is 2.48. The van der Waals surface area contributed by atoms with Gasteiger partial charge < -0.3 is 21.9 Å². The summed E-state index contributed by atoms with van der Waals surface area (Å²) in [5, 5.41) is 0. The lowest BCUT2D eigenvalue weighted by atomic mass is 9.74. The summed E-state index contributed by atoms with van der Waals surface area (Å²) in [7, 11) is 0. The minimum absolute atomic E-state index is 0. The topological polar surface area (TPSA) is 39.4 Å². The fourth-order valence-corrected chi connectivity index (χ4v) is 3.22. The highest BCUT2D eigenvalue weighted by atomic mass is 35.5. The summed E-state index contributed by atoms with van der Waals surface area (Å²) in [4.78, 5) is 13.1. The average molecular weight is 368 g/mol. The predicted molar refractivity (Wildman–Crippen MR) is 92.1 cm³/mol. The number of pyridine rings is 1. The van der Waals surface area contributed by atoms with Crippen molar-refractivity contribution in [2.75, 3.05) is 0 Å². The Morgan fingerprint density at radius 1 is 0.923 bits per heavy atom. The van der Waals surface area contributed by atoms with Crippen molar-refractivity contribution in [2.45, 2.75) is 19.1 Å². The molecule has 26 heavy (non-hydrogen) atoms. The zero-order chi connectivity index (χ0) is 17.3. The molecule has 0 atom stereocenters. The largest absolute Gasteiger partial charge is 1.00 e. The first-order chi connectivity index (χ1) is 12.2. The normalized spacial score (nSPS) is 13.4. The van der Waals surface area contributed by atoms with Crippen LogP contribution in [0.15, 0.2) is 79.1 Å². The van der Waals surface area contributed by atoms with E-state index in [9.17, 15) is 4.79 Å². The predicted octanol–water partition coefficient (Wildman–Crippen LogP) is 0.591. The SMILES string of the molecule is CC1(C(=O)OC[n+]2ccccc2)c2ccccc2Oc2ccccc21.[Cl-]. The number of hydrogen-bond donors (Lipinski definition) is 0. The molecule has 1 aliphatic heterocycles. The van der Waals surface area contributed by atoms with Crippen LogP contribution in [0.2, 0.25) is 0 Å². The van der Waals surface area contributed by atoms with E-state index >= 15 is 0 Å². The maximum atomic E-state index is 13.1. The van der Waals surface area contributed by atoms with Crippen LogP contribution >= 0.6 is 0 Å². The summed E-state index contributed by atoms with van der Waals surface area (Å²) < 4.78 is 13.4. The fraction of sp³-hybridized carbons (Fsp3) is 0.143. The third-order valence-electron chi connectivity index (χ3n) is 4.60. The monoisotopic (exact) mass is 367 g/mol. The maximum Gasteiger partial charge on any atom is 0.325 e. The number of esters is 1. The van der Waals surface area contributed by atoms with Crippen molar-refractivity contribution in [1.82, 2.24) is 0 Å². The highest BCUT2D eigenvalue weighted by molar-refractivity contribution is 5.90. The van der Waals surface area contributed by atoms with Gasteiger partial charge in [-0.1, -0.05) is 42.5 Å². The molecule has 0 N–H and O–H groups in total. The quantitative estimate of drug-likeness (QED) is 0.502. The van der Waals surface area contributed by atoms with Crippen LogP contribution in [0.1, 0.15) is 18.1 Å². The summed E-state index contributed by atoms with van der Waals surface area (Å²) in [5.74, 6) is 1.08.